The molecular weight excluding hydrogens is 320 g/mol. The standard InChI is InChI=1S/C20H24O5/c1-14-18(23-12-15-8-4-2-5-9-15)19(17(21)20(22)25-14)24-13-16-10-6-3-7-11-16/h2-11,14,17-22H,12-13H2,1H3/t14?,17?,18-,19+,20-/m0/s1. The number of hydrogen-bond acceptors (Lipinski definition) is 5. The normalized spacial score (nSPS) is 29.5. The molecule has 5 heteroatoms. The van der Waals surface area contributed by atoms with E-state index in [2.05, 4.69) is 0 Å². The molecule has 1 aliphatic rings. The lowest BCUT2D eigenvalue weighted by Crippen LogP contribution is -2.58. The minimum atomic E-state index is -1.28. The molecule has 0 amide bonds. The van der Waals surface area contributed by atoms with Crippen LogP contribution in [0.2, 0.25) is 0 Å². The Hall–Kier alpha value is -1.76. The summed E-state index contributed by atoms with van der Waals surface area (Å²) < 4.78 is 17.3. The zero-order chi connectivity index (χ0) is 17.6. The van der Waals surface area contributed by atoms with Crippen LogP contribution in [0.4, 0.5) is 0 Å². The molecule has 2 aromatic carbocycles. The first-order valence-electron chi connectivity index (χ1n) is 8.48. The molecule has 0 spiro atoms. The molecule has 2 aromatic rings. The molecule has 1 fully saturated rings. The summed E-state index contributed by atoms with van der Waals surface area (Å²) in [6.45, 7) is 2.52. The SMILES string of the molecule is CC1O[C@H](O)C(O)[C@@H](OCc2ccccc2)[C@H]1OCc1ccccc1. The second-order valence-electron chi connectivity index (χ2n) is 6.24. The largest absolute Gasteiger partial charge is 0.385 e. The number of aliphatic hydroxyl groups is 2. The zero-order valence-corrected chi connectivity index (χ0v) is 14.2. The lowest BCUT2D eigenvalue weighted by atomic mass is 9.99. The number of benzene rings is 2. The Labute approximate surface area is 147 Å². The van der Waals surface area contributed by atoms with E-state index in [1.54, 1.807) is 0 Å². The van der Waals surface area contributed by atoms with Gasteiger partial charge in [0.2, 0.25) is 0 Å². The monoisotopic (exact) mass is 344 g/mol. The van der Waals surface area contributed by atoms with Gasteiger partial charge in [-0.15, -0.1) is 0 Å². The smallest absolute Gasteiger partial charge is 0.183 e. The Bertz CT molecular complexity index is 633. The van der Waals surface area contributed by atoms with Crippen LogP contribution in [0.5, 0.6) is 0 Å². The Kier molecular flexibility index (Phi) is 6.18. The molecule has 0 aliphatic carbocycles. The topological polar surface area (TPSA) is 68.2 Å². The van der Waals surface area contributed by atoms with E-state index in [1.165, 1.54) is 0 Å². The van der Waals surface area contributed by atoms with Crippen molar-refractivity contribution in [2.75, 3.05) is 0 Å². The summed E-state index contributed by atoms with van der Waals surface area (Å²) in [5.41, 5.74) is 2.02. The van der Waals surface area contributed by atoms with Crippen molar-refractivity contribution >= 4 is 0 Å². The van der Waals surface area contributed by atoms with Gasteiger partial charge in [-0.3, -0.25) is 0 Å². The van der Waals surface area contributed by atoms with Gasteiger partial charge in [-0.1, -0.05) is 60.7 Å². The number of hydrogen-bond donors (Lipinski definition) is 2. The number of ether oxygens (including phenoxy) is 3. The minimum absolute atomic E-state index is 0.327. The quantitative estimate of drug-likeness (QED) is 0.841. The van der Waals surface area contributed by atoms with E-state index in [9.17, 15) is 10.2 Å². The highest BCUT2D eigenvalue weighted by Gasteiger charge is 2.44. The maximum absolute atomic E-state index is 10.3. The van der Waals surface area contributed by atoms with Crippen molar-refractivity contribution in [1.29, 1.82) is 0 Å². The molecule has 5 nitrogen and oxygen atoms in total. The predicted molar refractivity (Wildman–Crippen MR) is 92.6 cm³/mol. The van der Waals surface area contributed by atoms with Gasteiger partial charge < -0.3 is 24.4 Å². The summed E-state index contributed by atoms with van der Waals surface area (Å²) in [6.07, 6.45) is -4.01. The fourth-order valence-corrected chi connectivity index (χ4v) is 2.96. The molecule has 1 aliphatic heterocycles. The van der Waals surface area contributed by atoms with Gasteiger partial charge >= 0.3 is 0 Å². The maximum Gasteiger partial charge on any atom is 0.183 e. The van der Waals surface area contributed by atoms with Gasteiger partial charge in [0, 0.05) is 0 Å². The third-order valence-electron chi connectivity index (χ3n) is 4.34. The first-order valence-corrected chi connectivity index (χ1v) is 8.48. The van der Waals surface area contributed by atoms with Crippen molar-refractivity contribution in [2.24, 2.45) is 0 Å². The van der Waals surface area contributed by atoms with E-state index in [4.69, 9.17) is 14.2 Å². The first-order chi connectivity index (χ1) is 12.1. The molecule has 25 heavy (non-hydrogen) atoms. The summed E-state index contributed by atoms with van der Waals surface area (Å²) in [5.74, 6) is 0. The fourth-order valence-electron chi connectivity index (χ4n) is 2.96. The summed E-state index contributed by atoms with van der Waals surface area (Å²) in [7, 11) is 0. The fraction of sp³-hybridized carbons (Fsp3) is 0.400. The van der Waals surface area contributed by atoms with Crippen molar-refractivity contribution in [2.45, 2.75) is 50.8 Å². The van der Waals surface area contributed by atoms with Crippen LogP contribution in [0.15, 0.2) is 60.7 Å². The van der Waals surface area contributed by atoms with Crippen molar-refractivity contribution < 1.29 is 24.4 Å². The third-order valence-corrected chi connectivity index (χ3v) is 4.34. The van der Waals surface area contributed by atoms with Crippen LogP contribution in [-0.2, 0) is 27.4 Å². The molecule has 2 unspecified atom stereocenters. The second kappa shape index (κ2) is 8.56. The summed E-state index contributed by atoms with van der Waals surface area (Å²) in [4.78, 5) is 0. The second-order valence-corrected chi connectivity index (χ2v) is 6.24. The lowest BCUT2D eigenvalue weighted by molar-refractivity contribution is -0.297. The van der Waals surface area contributed by atoms with E-state index in [0.29, 0.717) is 13.2 Å². The average molecular weight is 344 g/mol. The van der Waals surface area contributed by atoms with Gasteiger partial charge in [-0.2, -0.15) is 0 Å². The molecular formula is C20H24O5. The lowest BCUT2D eigenvalue weighted by Gasteiger charge is -2.41. The molecule has 3 rings (SSSR count). The van der Waals surface area contributed by atoms with E-state index >= 15 is 0 Å². The Morgan fingerprint density at radius 2 is 1.28 bits per heavy atom. The highest BCUT2D eigenvalue weighted by Crippen LogP contribution is 2.26. The van der Waals surface area contributed by atoms with E-state index in [-0.39, 0.29) is 0 Å². The van der Waals surface area contributed by atoms with Gasteiger partial charge in [-0.05, 0) is 18.1 Å². The first kappa shape index (κ1) is 18.0. The van der Waals surface area contributed by atoms with E-state index in [1.807, 2.05) is 67.6 Å². The molecule has 134 valence electrons. The molecule has 0 aromatic heterocycles. The van der Waals surface area contributed by atoms with Gasteiger partial charge in [-0.25, -0.2) is 0 Å². The van der Waals surface area contributed by atoms with Crippen LogP contribution in [-0.4, -0.2) is 40.9 Å². The molecule has 0 bridgehead atoms. The Morgan fingerprint density at radius 1 is 0.800 bits per heavy atom. The maximum atomic E-state index is 10.3. The van der Waals surface area contributed by atoms with Crippen LogP contribution in [0.3, 0.4) is 0 Å². The van der Waals surface area contributed by atoms with Crippen molar-refractivity contribution in [3.05, 3.63) is 71.8 Å². The van der Waals surface area contributed by atoms with Gasteiger partial charge in [0.05, 0.1) is 19.3 Å². The number of rotatable bonds is 6. The predicted octanol–water partition coefficient (Wildman–Crippen LogP) is 2.26. The highest BCUT2D eigenvalue weighted by molar-refractivity contribution is 5.14. The zero-order valence-electron chi connectivity index (χ0n) is 14.2. The van der Waals surface area contributed by atoms with Crippen LogP contribution in [0.1, 0.15) is 18.1 Å². The molecule has 1 saturated heterocycles. The molecule has 0 radical (unpaired) electrons. The Morgan fingerprint density at radius 3 is 1.80 bits per heavy atom. The summed E-state index contributed by atoms with van der Waals surface area (Å²) in [5, 5.41) is 20.2. The van der Waals surface area contributed by atoms with Crippen molar-refractivity contribution in [3.63, 3.8) is 0 Å². The Balaban J connectivity index is 1.67. The van der Waals surface area contributed by atoms with Gasteiger partial charge in [0.15, 0.2) is 6.29 Å². The minimum Gasteiger partial charge on any atom is -0.385 e. The molecule has 0 saturated carbocycles. The van der Waals surface area contributed by atoms with E-state index < -0.39 is 30.7 Å². The van der Waals surface area contributed by atoms with Crippen LogP contribution < -0.4 is 0 Å². The third kappa shape index (κ3) is 4.66. The van der Waals surface area contributed by atoms with Crippen molar-refractivity contribution in [1.82, 2.24) is 0 Å². The molecule has 1 heterocycles. The van der Waals surface area contributed by atoms with Gasteiger partial charge in [0.1, 0.15) is 18.3 Å². The molecule has 5 atom stereocenters. The van der Waals surface area contributed by atoms with Gasteiger partial charge in [0.25, 0.3) is 0 Å². The van der Waals surface area contributed by atoms with Crippen molar-refractivity contribution in [3.8, 4) is 0 Å². The number of aliphatic hydroxyl groups excluding tert-OH is 2. The van der Waals surface area contributed by atoms with Crippen LogP contribution in [0, 0.1) is 0 Å². The summed E-state index contributed by atoms with van der Waals surface area (Å²) >= 11 is 0. The highest BCUT2D eigenvalue weighted by atomic mass is 16.7. The molecule has 2 N–H and O–H groups in total. The van der Waals surface area contributed by atoms with Crippen LogP contribution >= 0.6 is 0 Å². The average Bonchev–Trinajstić information content (AvgIpc) is 2.64. The van der Waals surface area contributed by atoms with Crippen LogP contribution in [0.25, 0.3) is 0 Å². The van der Waals surface area contributed by atoms with E-state index in [0.717, 1.165) is 11.1 Å². The summed E-state index contributed by atoms with van der Waals surface area (Å²) in [6, 6.07) is 19.5.